The van der Waals surface area contributed by atoms with Gasteiger partial charge in [0.1, 0.15) is 0 Å². The smallest absolute Gasteiger partial charge is 0.346 e. The Morgan fingerprint density at radius 1 is 1.21 bits per heavy atom. The molecule has 0 saturated heterocycles. The summed E-state index contributed by atoms with van der Waals surface area (Å²) in [6.07, 6.45) is -0.331. The Balaban J connectivity index is 2.18. The Morgan fingerprint density at radius 3 is 2.52 bits per heavy atom. The van der Waals surface area contributed by atoms with E-state index in [1.165, 1.54) is 6.07 Å². The van der Waals surface area contributed by atoms with E-state index in [4.69, 9.17) is 0 Å². The number of aryl methyl sites for hydroxylation is 1. The zero-order valence-corrected chi connectivity index (χ0v) is 16.6. The lowest BCUT2D eigenvalue weighted by Crippen LogP contribution is -2.24. The topological polar surface area (TPSA) is 76.0 Å². The van der Waals surface area contributed by atoms with Gasteiger partial charge >= 0.3 is 6.18 Å². The third kappa shape index (κ3) is 6.62. The molecule has 1 heterocycles. The molecule has 6 nitrogen and oxygen atoms in total. The number of hydrogen-bond donors (Lipinski definition) is 2. The Bertz CT molecular complexity index is 862. The van der Waals surface area contributed by atoms with Gasteiger partial charge in [-0.3, -0.25) is 9.59 Å². The lowest BCUT2D eigenvalue weighted by molar-refractivity contribution is -0.137. The molecule has 0 saturated carbocycles. The van der Waals surface area contributed by atoms with Crippen molar-refractivity contribution < 1.29 is 22.8 Å². The Morgan fingerprint density at radius 2 is 1.93 bits per heavy atom. The van der Waals surface area contributed by atoms with Crippen molar-refractivity contribution in [2.24, 2.45) is 5.92 Å². The standard InChI is InChI=1S/C20H25F3N4O2/c1-4-13(3)6-18(28)26-16-8-14(7-15(9-16)20(21,22)23)19(29)24-10-17-11-27(5-2)12-25-17/h7-9,11-13H,4-6,10H2,1-3H3,(H,24,29)(H,26,28). The number of anilines is 1. The zero-order chi connectivity index (χ0) is 21.6. The minimum absolute atomic E-state index is 0.0615. The van der Waals surface area contributed by atoms with E-state index in [9.17, 15) is 22.8 Å². The van der Waals surface area contributed by atoms with Crippen LogP contribution in [0, 0.1) is 5.92 Å². The predicted molar refractivity (Wildman–Crippen MR) is 103 cm³/mol. The van der Waals surface area contributed by atoms with Gasteiger partial charge in [-0.25, -0.2) is 4.98 Å². The number of imidazole rings is 1. The number of nitrogens with zero attached hydrogens (tertiary/aromatic N) is 2. The second-order valence-corrected chi connectivity index (χ2v) is 6.94. The van der Waals surface area contributed by atoms with Gasteiger partial charge in [0, 0.05) is 30.4 Å². The SMILES string of the molecule is CCC(C)CC(=O)Nc1cc(C(=O)NCc2cn(CC)cn2)cc(C(F)(F)F)c1. The number of carbonyl (C=O) groups excluding carboxylic acids is 2. The summed E-state index contributed by atoms with van der Waals surface area (Å²) in [6, 6.07) is 2.84. The maximum Gasteiger partial charge on any atom is 0.416 e. The monoisotopic (exact) mass is 410 g/mol. The normalized spacial score (nSPS) is 12.5. The van der Waals surface area contributed by atoms with E-state index in [1.54, 1.807) is 12.5 Å². The Labute approximate surface area is 167 Å². The number of amides is 2. The summed E-state index contributed by atoms with van der Waals surface area (Å²) in [5, 5.41) is 5.02. The lowest BCUT2D eigenvalue weighted by atomic mass is 10.0. The molecule has 0 fully saturated rings. The molecule has 0 bridgehead atoms. The van der Waals surface area contributed by atoms with Gasteiger partial charge in [-0.05, 0) is 31.0 Å². The summed E-state index contributed by atoms with van der Waals surface area (Å²) in [5.74, 6) is -0.971. The van der Waals surface area contributed by atoms with Crippen molar-refractivity contribution in [2.75, 3.05) is 5.32 Å². The van der Waals surface area contributed by atoms with Crippen LogP contribution in [-0.4, -0.2) is 21.4 Å². The highest BCUT2D eigenvalue weighted by atomic mass is 19.4. The third-order valence-electron chi connectivity index (χ3n) is 4.52. The molecular formula is C20H25F3N4O2. The second kappa shape index (κ2) is 9.58. The van der Waals surface area contributed by atoms with E-state index >= 15 is 0 Å². The highest BCUT2D eigenvalue weighted by Gasteiger charge is 2.32. The van der Waals surface area contributed by atoms with Gasteiger partial charge in [-0.15, -0.1) is 0 Å². The summed E-state index contributed by atoms with van der Waals surface area (Å²) < 4.78 is 41.6. The van der Waals surface area contributed by atoms with Crippen LogP contribution in [0.5, 0.6) is 0 Å². The van der Waals surface area contributed by atoms with Crippen molar-refractivity contribution in [3.63, 3.8) is 0 Å². The molecule has 0 spiro atoms. The number of rotatable bonds is 8. The number of aromatic nitrogens is 2. The van der Waals surface area contributed by atoms with Gasteiger partial charge in [-0.2, -0.15) is 13.2 Å². The Kier molecular flexibility index (Phi) is 7.41. The van der Waals surface area contributed by atoms with E-state index in [-0.39, 0.29) is 30.1 Å². The minimum atomic E-state index is -4.65. The van der Waals surface area contributed by atoms with Crippen molar-refractivity contribution in [3.05, 3.63) is 47.5 Å². The maximum atomic E-state index is 13.2. The van der Waals surface area contributed by atoms with Gasteiger partial charge in [-0.1, -0.05) is 20.3 Å². The quantitative estimate of drug-likeness (QED) is 0.684. The number of nitrogens with one attached hydrogen (secondary N) is 2. The van der Waals surface area contributed by atoms with Gasteiger partial charge < -0.3 is 15.2 Å². The van der Waals surface area contributed by atoms with Crippen molar-refractivity contribution in [1.29, 1.82) is 0 Å². The first-order valence-electron chi connectivity index (χ1n) is 9.43. The van der Waals surface area contributed by atoms with Crippen molar-refractivity contribution in [1.82, 2.24) is 14.9 Å². The molecule has 0 aliphatic rings. The van der Waals surface area contributed by atoms with Crippen LogP contribution in [0.3, 0.4) is 0 Å². The zero-order valence-electron chi connectivity index (χ0n) is 16.6. The van der Waals surface area contributed by atoms with E-state index in [0.29, 0.717) is 12.2 Å². The number of benzene rings is 1. The molecule has 158 valence electrons. The van der Waals surface area contributed by atoms with Crippen molar-refractivity contribution in [3.8, 4) is 0 Å². The molecule has 1 atom stereocenters. The second-order valence-electron chi connectivity index (χ2n) is 6.94. The molecule has 1 aromatic heterocycles. The number of hydrogen-bond acceptors (Lipinski definition) is 3. The third-order valence-corrected chi connectivity index (χ3v) is 4.52. The highest BCUT2D eigenvalue weighted by Crippen LogP contribution is 2.32. The number of alkyl halides is 3. The first-order valence-corrected chi connectivity index (χ1v) is 9.43. The molecule has 9 heteroatoms. The van der Waals surface area contributed by atoms with E-state index in [2.05, 4.69) is 15.6 Å². The number of halogens is 3. The highest BCUT2D eigenvalue weighted by molar-refractivity contribution is 5.97. The van der Waals surface area contributed by atoms with Crippen LogP contribution in [0.4, 0.5) is 18.9 Å². The van der Waals surface area contributed by atoms with Gasteiger partial charge in [0.25, 0.3) is 5.91 Å². The first kappa shape index (κ1) is 22.4. The van der Waals surface area contributed by atoms with Gasteiger partial charge in [0.15, 0.2) is 0 Å². The molecule has 0 radical (unpaired) electrons. The average Bonchev–Trinajstić information content (AvgIpc) is 3.13. The van der Waals surface area contributed by atoms with Gasteiger partial charge in [0.2, 0.25) is 5.91 Å². The van der Waals surface area contributed by atoms with Crippen LogP contribution in [0.2, 0.25) is 0 Å². The van der Waals surface area contributed by atoms with E-state index < -0.39 is 23.6 Å². The van der Waals surface area contributed by atoms with Crippen LogP contribution in [0.25, 0.3) is 0 Å². The molecule has 0 aliphatic heterocycles. The van der Waals surface area contributed by atoms with E-state index in [1.807, 2.05) is 25.3 Å². The van der Waals surface area contributed by atoms with Crippen LogP contribution in [-0.2, 0) is 24.1 Å². The average molecular weight is 410 g/mol. The molecule has 29 heavy (non-hydrogen) atoms. The summed E-state index contributed by atoms with van der Waals surface area (Å²) in [7, 11) is 0. The van der Waals surface area contributed by atoms with Crippen LogP contribution in [0.1, 0.15) is 55.2 Å². The van der Waals surface area contributed by atoms with Crippen LogP contribution < -0.4 is 10.6 Å². The van der Waals surface area contributed by atoms with Crippen molar-refractivity contribution >= 4 is 17.5 Å². The molecule has 1 aromatic carbocycles. The fourth-order valence-electron chi connectivity index (χ4n) is 2.61. The minimum Gasteiger partial charge on any atom is -0.346 e. The lowest BCUT2D eigenvalue weighted by Gasteiger charge is -2.14. The molecule has 1 unspecified atom stereocenters. The maximum absolute atomic E-state index is 13.2. The molecule has 2 aromatic rings. The summed E-state index contributed by atoms with van der Waals surface area (Å²) in [4.78, 5) is 28.6. The molecule has 2 amide bonds. The first-order chi connectivity index (χ1) is 13.6. The van der Waals surface area contributed by atoms with Crippen molar-refractivity contribution in [2.45, 2.75) is 52.9 Å². The summed E-state index contributed by atoms with van der Waals surface area (Å²) in [5.41, 5.74) is -0.657. The predicted octanol–water partition coefficient (Wildman–Crippen LogP) is 4.23. The fraction of sp³-hybridized carbons (Fsp3) is 0.450. The molecule has 2 rings (SSSR count). The summed E-state index contributed by atoms with van der Waals surface area (Å²) in [6.45, 7) is 6.54. The van der Waals surface area contributed by atoms with E-state index in [0.717, 1.165) is 18.6 Å². The molecular weight excluding hydrogens is 385 g/mol. The van der Waals surface area contributed by atoms with Crippen LogP contribution in [0.15, 0.2) is 30.7 Å². The summed E-state index contributed by atoms with van der Waals surface area (Å²) >= 11 is 0. The largest absolute Gasteiger partial charge is 0.416 e. The van der Waals surface area contributed by atoms with Crippen LogP contribution >= 0.6 is 0 Å². The molecule has 2 N–H and O–H groups in total. The Hall–Kier alpha value is -2.84. The van der Waals surface area contributed by atoms with Gasteiger partial charge in [0.05, 0.1) is 24.1 Å². The molecule has 0 aliphatic carbocycles. The fourth-order valence-corrected chi connectivity index (χ4v) is 2.61. The number of carbonyl (C=O) groups is 2.